The third-order valence-electron chi connectivity index (χ3n) is 5.30. The predicted molar refractivity (Wildman–Crippen MR) is 143 cm³/mol. The van der Waals surface area contributed by atoms with E-state index in [-0.39, 0.29) is 12.5 Å². The van der Waals surface area contributed by atoms with Crippen molar-refractivity contribution in [2.45, 2.75) is 6.61 Å². The number of halogens is 1. The van der Waals surface area contributed by atoms with Gasteiger partial charge < -0.3 is 9.47 Å². The van der Waals surface area contributed by atoms with Crippen molar-refractivity contribution < 1.29 is 19.1 Å². The lowest BCUT2D eigenvalue weighted by atomic mass is 10.1. The minimum atomic E-state index is -0.426. The predicted octanol–water partition coefficient (Wildman–Crippen LogP) is 5.92. The van der Waals surface area contributed by atoms with Gasteiger partial charge in [0.05, 0.1) is 34.9 Å². The molecule has 0 N–H and O–H groups in total. The first-order valence-electron chi connectivity index (χ1n) is 10.7. The molecule has 4 rings (SSSR count). The molecule has 1 heterocycles. The van der Waals surface area contributed by atoms with E-state index in [2.05, 4.69) is 27.0 Å². The van der Waals surface area contributed by atoms with E-state index in [0.717, 1.165) is 10.0 Å². The number of rotatable bonds is 6. The molecule has 0 aliphatic carbocycles. The van der Waals surface area contributed by atoms with Crippen LogP contribution in [0.3, 0.4) is 0 Å². The van der Waals surface area contributed by atoms with E-state index < -0.39 is 5.97 Å². The van der Waals surface area contributed by atoms with Crippen molar-refractivity contribution in [1.82, 2.24) is 4.90 Å². The van der Waals surface area contributed by atoms with Gasteiger partial charge in [0.15, 0.2) is 5.17 Å². The SMILES string of the molecule is COC(=O)c1ccc(N=C2SC(=Cc3cc(Br)ccc3OCc3ccccc3C#N)C(=O)N2C)cc1. The lowest BCUT2D eigenvalue weighted by Gasteiger charge is -2.11. The molecule has 0 saturated carbocycles. The second-order valence-corrected chi connectivity index (χ2v) is 9.57. The van der Waals surface area contributed by atoms with Gasteiger partial charge in [0.25, 0.3) is 5.91 Å². The second kappa shape index (κ2) is 11.2. The average molecular weight is 562 g/mol. The molecule has 0 spiro atoms. The van der Waals surface area contributed by atoms with Crippen LogP contribution in [0.25, 0.3) is 6.08 Å². The molecule has 0 radical (unpaired) electrons. The maximum Gasteiger partial charge on any atom is 0.337 e. The molecule has 0 unspecified atom stereocenters. The van der Waals surface area contributed by atoms with E-state index in [1.54, 1.807) is 43.5 Å². The highest BCUT2D eigenvalue weighted by Gasteiger charge is 2.30. The molecular formula is C27H20BrN3O4S. The van der Waals surface area contributed by atoms with Crippen molar-refractivity contribution in [3.8, 4) is 11.8 Å². The Balaban J connectivity index is 1.58. The van der Waals surface area contributed by atoms with Crippen molar-refractivity contribution in [1.29, 1.82) is 5.26 Å². The molecule has 0 bridgehead atoms. The molecule has 3 aromatic rings. The van der Waals surface area contributed by atoms with E-state index in [1.165, 1.54) is 23.8 Å². The quantitative estimate of drug-likeness (QED) is 0.274. The zero-order valence-electron chi connectivity index (χ0n) is 19.4. The zero-order chi connectivity index (χ0) is 25.7. The van der Waals surface area contributed by atoms with E-state index in [9.17, 15) is 14.9 Å². The summed E-state index contributed by atoms with van der Waals surface area (Å²) < 4.78 is 11.6. The summed E-state index contributed by atoms with van der Waals surface area (Å²) in [5, 5.41) is 9.84. The molecule has 36 heavy (non-hydrogen) atoms. The van der Waals surface area contributed by atoms with Crippen LogP contribution in [-0.2, 0) is 16.1 Å². The van der Waals surface area contributed by atoms with Gasteiger partial charge in [-0.25, -0.2) is 9.79 Å². The van der Waals surface area contributed by atoms with Gasteiger partial charge in [-0.3, -0.25) is 9.69 Å². The molecule has 1 amide bonds. The van der Waals surface area contributed by atoms with E-state index in [1.807, 2.05) is 36.4 Å². The molecule has 180 valence electrons. The number of benzene rings is 3. The van der Waals surface area contributed by atoms with E-state index >= 15 is 0 Å². The number of nitriles is 1. The van der Waals surface area contributed by atoms with Crippen LogP contribution in [0.5, 0.6) is 5.75 Å². The number of hydrogen-bond donors (Lipinski definition) is 0. The number of methoxy groups -OCH3 is 1. The number of nitrogens with zero attached hydrogens (tertiary/aromatic N) is 3. The number of carbonyl (C=O) groups excluding carboxylic acids is 2. The summed E-state index contributed by atoms with van der Waals surface area (Å²) in [5.41, 5.74) is 3.07. The fraction of sp³-hybridized carbons (Fsp3) is 0.111. The molecule has 3 aromatic carbocycles. The monoisotopic (exact) mass is 561 g/mol. The van der Waals surface area contributed by atoms with Crippen LogP contribution in [0.4, 0.5) is 5.69 Å². The van der Waals surface area contributed by atoms with Crippen LogP contribution >= 0.6 is 27.7 Å². The standard InChI is InChI=1S/C27H20BrN3O4S/c1-31-25(32)24(36-27(31)30-22-10-7-17(8-11-22)26(33)34-2)14-20-13-21(28)9-12-23(20)35-16-19-6-4-3-5-18(19)15-29/h3-14H,16H2,1-2H3. The van der Waals surface area contributed by atoms with Gasteiger partial charge in [-0.15, -0.1) is 0 Å². The Kier molecular flexibility index (Phi) is 7.88. The van der Waals surface area contributed by atoms with E-state index in [0.29, 0.717) is 38.2 Å². The van der Waals surface area contributed by atoms with Crippen LogP contribution in [0, 0.1) is 11.3 Å². The van der Waals surface area contributed by atoms with Gasteiger partial charge in [-0.2, -0.15) is 5.26 Å². The van der Waals surface area contributed by atoms with Crippen LogP contribution in [-0.4, -0.2) is 36.1 Å². The maximum absolute atomic E-state index is 13.0. The number of carbonyl (C=O) groups is 2. The average Bonchev–Trinajstić information content (AvgIpc) is 3.15. The Morgan fingerprint density at radius 1 is 1.17 bits per heavy atom. The molecule has 1 fully saturated rings. The molecule has 9 heteroatoms. The third-order valence-corrected chi connectivity index (χ3v) is 6.85. The Bertz CT molecular complexity index is 1430. The Morgan fingerprint density at radius 3 is 2.64 bits per heavy atom. The molecule has 7 nitrogen and oxygen atoms in total. The van der Waals surface area contributed by atoms with Gasteiger partial charge in [-0.1, -0.05) is 34.1 Å². The molecule has 0 atom stereocenters. The first-order valence-corrected chi connectivity index (χ1v) is 12.4. The summed E-state index contributed by atoms with van der Waals surface area (Å²) in [6.45, 7) is 0.219. The highest BCUT2D eigenvalue weighted by Crippen LogP contribution is 2.35. The number of amides is 1. The van der Waals surface area contributed by atoms with Gasteiger partial charge >= 0.3 is 5.97 Å². The van der Waals surface area contributed by atoms with Crippen molar-refractivity contribution in [2.75, 3.05) is 14.2 Å². The number of aliphatic imine (C=N–C) groups is 1. The molecule has 0 aromatic heterocycles. The van der Waals surface area contributed by atoms with Crippen molar-refractivity contribution in [3.63, 3.8) is 0 Å². The second-order valence-electron chi connectivity index (χ2n) is 7.65. The number of thioether (sulfide) groups is 1. The largest absolute Gasteiger partial charge is 0.488 e. The van der Waals surface area contributed by atoms with Gasteiger partial charge in [0.2, 0.25) is 0 Å². The smallest absolute Gasteiger partial charge is 0.337 e. The number of esters is 1. The number of amidine groups is 1. The summed E-state index contributed by atoms with van der Waals surface area (Å²) in [7, 11) is 2.99. The fourth-order valence-corrected chi connectivity index (χ4v) is 4.72. The Morgan fingerprint density at radius 2 is 1.92 bits per heavy atom. The first kappa shape index (κ1) is 25.2. The van der Waals surface area contributed by atoms with Crippen LogP contribution < -0.4 is 4.74 Å². The number of ether oxygens (including phenoxy) is 2. The lowest BCUT2D eigenvalue weighted by molar-refractivity contribution is -0.121. The normalized spacial score (nSPS) is 15.3. The number of likely N-dealkylation sites (N-methyl/N-ethyl adjacent to an activating group) is 1. The number of hydrogen-bond acceptors (Lipinski definition) is 7. The lowest BCUT2D eigenvalue weighted by Crippen LogP contribution is -2.23. The summed E-state index contributed by atoms with van der Waals surface area (Å²) in [6, 6.07) is 21.6. The molecule has 1 aliphatic rings. The zero-order valence-corrected chi connectivity index (χ0v) is 21.8. The highest BCUT2D eigenvalue weighted by molar-refractivity contribution is 9.10. The Labute approximate surface area is 221 Å². The maximum atomic E-state index is 13.0. The summed E-state index contributed by atoms with van der Waals surface area (Å²) in [6.07, 6.45) is 1.77. The van der Waals surface area contributed by atoms with Crippen LogP contribution in [0.15, 0.2) is 81.1 Å². The topological polar surface area (TPSA) is 92.0 Å². The Hall–Kier alpha value is -3.87. The minimum Gasteiger partial charge on any atom is -0.488 e. The molecular weight excluding hydrogens is 542 g/mol. The van der Waals surface area contributed by atoms with Crippen molar-refractivity contribution in [2.24, 2.45) is 4.99 Å². The van der Waals surface area contributed by atoms with Gasteiger partial charge in [0, 0.05) is 22.6 Å². The van der Waals surface area contributed by atoms with Gasteiger partial charge in [0.1, 0.15) is 12.4 Å². The minimum absolute atomic E-state index is 0.189. The van der Waals surface area contributed by atoms with Crippen LogP contribution in [0.1, 0.15) is 27.0 Å². The highest BCUT2D eigenvalue weighted by atomic mass is 79.9. The molecule has 1 aliphatic heterocycles. The summed E-state index contributed by atoms with van der Waals surface area (Å²) in [5.74, 6) is -0.0333. The van der Waals surface area contributed by atoms with Crippen molar-refractivity contribution in [3.05, 3.63) is 98.4 Å². The van der Waals surface area contributed by atoms with Gasteiger partial charge in [-0.05, 0) is 66.4 Å². The first-order chi connectivity index (χ1) is 17.4. The fourth-order valence-electron chi connectivity index (χ4n) is 3.37. The van der Waals surface area contributed by atoms with Crippen LogP contribution in [0.2, 0.25) is 0 Å². The molecule has 1 saturated heterocycles. The summed E-state index contributed by atoms with van der Waals surface area (Å²) in [4.78, 5) is 31.1. The van der Waals surface area contributed by atoms with Crippen molar-refractivity contribution >= 4 is 56.5 Å². The summed E-state index contributed by atoms with van der Waals surface area (Å²) >= 11 is 4.73. The third kappa shape index (κ3) is 5.67. The van der Waals surface area contributed by atoms with E-state index in [4.69, 9.17) is 9.47 Å².